The first-order chi connectivity index (χ1) is 5.41. The maximum Gasteiger partial charge on any atom is 0.0241 e. The first-order valence-electron chi connectivity index (χ1n) is 4.55. The van der Waals surface area contributed by atoms with E-state index in [1.54, 1.807) is 11.3 Å². The Balaban J connectivity index is 2.06. The van der Waals surface area contributed by atoms with Crippen molar-refractivity contribution in [3.63, 3.8) is 0 Å². The molecule has 1 spiro atoms. The highest BCUT2D eigenvalue weighted by atomic mass is 15.0. The maximum atomic E-state index is 3.54. The molecule has 0 atom stereocenters. The van der Waals surface area contributed by atoms with E-state index in [1.807, 2.05) is 0 Å². The van der Waals surface area contributed by atoms with Crippen LogP contribution in [0.1, 0.15) is 25.7 Å². The van der Waals surface area contributed by atoms with Crippen LogP contribution in [0.3, 0.4) is 0 Å². The Labute approximate surface area is 67.2 Å². The van der Waals surface area contributed by atoms with Crippen LogP contribution in [0.4, 0.5) is 0 Å². The SMILES string of the molecule is C1=CC2=C(CC1)NCC21CC1. The van der Waals surface area contributed by atoms with Gasteiger partial charge in [-0.3, -0.25) is 0 Å². The van der Waals surface area contributed by atoms with Gasteiger partial charge in [-0.1, -0.05) is 12.2 Å². The quantitative estimate of drug-likeness (QED) is 0.552. The molecule has 1 heteroatoms. The van der Waals surface area contributed by atoms with Crippen molar-refractivity contribution in [2.45, 2.75) is 25.7 Å². The van der Waals surface area contributed by atoms with E-state index in [0.29, 0.717) is 5.41 Å². The van der Waals surface area contributed by atoms with E-state index >= 15 is 0 Å². The van der Waals surface area contributed by atoms with E-state index in [4.69, 9.17) is 0 Å². The number of allylic oxidation sites excluding steroid dienone is 3. The minimum Gasteiger partial charge on any atom is -0.387 e. The van der Waals surface area contributed by atoms with E-state index < -0.39 is 0 Å². The Bertz CT molecular complexity index is 256. The average Bonchev–Trinajstić information content (AvgIpc) is 2.72. The zero-order chi connectivity index (χ0) is 7.31. The van der Waals surface area contributed by atoms with Crippen LogP contribution in [0, 0.1) is 5.41 Å². The van der Waals surface area contributed by atoms with Crippen LogP contribution < -0.4 is 5.32 Å². The highest BCUT2D eigenvalue weighted by Gasteiger charge is 2.49. The lowest BCUT2D eigenvalue weighted by atomic mass is 9.93. The lowest BCUT2D eigenvalue weighted by Crippen LogP contribution is -2.12. The molecule has 3 rings (SSSR count). The first-order valence-corrected chi connectivity index (χ1v) is 4.55. The summed E-state index contributed by atoms with van der Waals surface area (Å²) in [7, 11) is 0. The lowest BCUT2D eigenvalue weighted by Gasteiger charge is -2.10. The van der Waals surface area contributed by atoms with Crippen molar-refractivity contribution in [2.24, 2.45) is 5.41 Å². The van der Waals surface area contributed by atoms with Gasteiger partial charge in [0.1, 0.15) is 0 Å². The molecular formula is C10H13N. The number of fused-ring (bicyclic) bond motifs is 1. The van der Waals surface area contributed by atoms with E-state index in [1.165, 1.54) is 32.2 Å². The summed E-state index contributed by atoms with van der Waals surface area (Å²) in [6, 6.07) is 0. The van der Waals surface area contributed by atoms with Crippen molar-refractivity contribution in [1.82, 2.24) is 5.32 Å². The van der Waals surface area contributed by atoms with Crippen molar-refractivity contribution in [1.29, 1.82) is 0 Å². The van der Waals surface area contributed by atoms with Crippen molar-refractivity contribution in [2.75, 3.05) is 6.54 Å². The number of hydrogen-bond acceptors (Lipinski definition) is 1. The molecule has 11 heavy (non-hydrogen) atoms. The normalized spacial score (nSPS) is 30.5. The maximum absolute atomic E-state index is 3.54. The Morgan fingerprint density at radius 3 is 3.09 bits per heavy atom. The molecule has 1 N–H and O–H groups in total. The number of hydrogen-bond donors (Lipinski definition) is 1. The Morgan fingerprint density at radius 1 is 1.36 bits per heavy atom. The summed E-state index contributed by atoms with van der Waals surface area (Å²) >= 11 is 0. The molecule has 1 saturated carbocycles. The third-order valence-corrected chi connectivity index (χ3v) is 3.24. The molecule has 0 saturated heterocycles. The minimum absolute atomic E-state index is 0.617. The van der Waals surface area contributed by atoms with Crippen molar-refractivity contribution < 1.29 is 0 Å². The fraction of sp³-hybridized carbons (Fsp3) is 0.600. The molecular weight excluding hydrogens is 134 g/mol. The minimum atomic E-state index is 0.617. The van der Waals surface area contributed by atoms with E-state index in [2.05, 4.69) is 17.5 Å². The van der Waals surface area contributed by atoms with Crippen LogP contribution in [0.5, 0.6) is 0 Å². The molecule has 58 valence electrons. The molecule has 2 aliphatic carbocycles. The predicted octanol–water partition coefficient (Wildman–Crippen LogP) is 1.97. The summed E-state index contributed by atoms with van der Waals surface area (Å²) in [5.41, 5.74) is 3.81. The molecule has 3 aliphatic rings. The van der Waals surface area contributed by atoms with E-state index in [0.717, 1.165) is 0 Å². The third-order valence-electron chi connectivity index (χ3n) is 3.24. The molecule has 0 unspecified atom stereocenters. The van der Waals surface area contributed by atoms with Gasteiger partial charge in [0.2, 0.25) is 0 Å². The second kappa shape index (κ2) is 1.71. The summed E-state index contributed by atoms with van der Waals surface area (Å²) < 4.78 is 0. The molecule has 1 fully saturated rings. The lowest BCUT2D eigenvalue weighted by molar-refractivity contribution is 0.635. The van der Waals surface area contributed by atoms with Crippen molar-refractivity contribution in [3.05, 3.63) is 23.4 Å². The summed E-state index contributed by atoms with van der Waals surface area (Å²) in [5.74, 6) is 0. The topological polar surface area (TPSA) is 12.0 Å². The highest BCUT2D eigenvalue weighted by molar-refractivity contribution is 5.42. The van der Waals surface area contributed by atoms with Gasteiger partial charge in [0.25, 0.3) is 0 Å². The molecule has 1 heterocycles. The van der Waals surface area contributed by atoms with Gasteiger partial charge in [0.05, 0.1) is 0 Å². The zero-order valence-electron chi connectivity index (χ0n) is 6.69. The fourth-order valence-electron chi connectivity index (χ4n) is 2.31. The van der Waals surface area contributed by atoms with Crippen LogP contribution in [0.15, 0.2) is 23.4 Å². The van der Waals surface area contributed by atoms with Gasteiger partial charge in [0, 0.05) is 17.7 Å². The van der Waals surface area contributed by atoms with Crippen molar-refractivity contribution in [3.8, 4) is 0 Å². The van der Waals surface area contributed by atoms with Gasteiger partial charge >= 0.3 is 0 Å². The van der Waals surface area contributed by atoms with E-state index in [-0.39, 0.29) is 0 Å². The van der Waals surface area contributed by atoms with Crippen LogP contribution in [0.25, 0.3) is 0 Å². The standard InChI is InChI=1S/C10H13N/c1-2-4-9-8(3-1)10(5-6-10)7-11-9/h1,3,11H,2,4-7H2. The van der Waals surface area contributed by atoms with Crippen LogP contribution >= 0.6 is 0 Å². The first kappa shape index (κ1) is 5.87. The van der Waals surface area contributed by atoms with Crippen LogP contribution in [0.2, 0.25) is 0 Å². The Morgan fingerprint density at radius 2 is 2.27 bits per heavy atom. The fourth-order valence-corrected chi connectivity index (χ4v) is 2.31. The summed E-state index contributed by atoms with van der Waals surface area (Å²) in [6.07, 6.45) is 10.0. The zero-order valence-corrected chi connectivity index (χ0v) is 6.69. The van der Waals surface area contributed by atoms with Gasteiger partial charge in [-0.05, 0) is 31.3 Å². The number of nitrogens with one attached hydrogen (secondary N) is 1. The monoisotopic (exact) mass is 147 g/mol. The van der Waals surface area contributed by atoms with Crippen LogP contribution in [-0.4, -0.2) is 6.54 Å². The molecule has 0 aromatic heterocycles. The molecule has 0 bridgehead atoms. The molecule has 0 radical (unpaired) electrons. The van der Waals surface area contributed by atoms with Crippen LogP contribution in [-0.2, 0) is 0 Å². The number of rotatable bonds is 0. The van der Waals surface area contributed by atoms with Gasteiger partial charge in [-0.25, -0.2) is 0 Å². The van der Waals surface area contributed by atoms with Gasteiger partial charge in [0.15, 0.2) is 0 Å². The molecule has 0 aromatic carbocycles. The molecule has 1 nitrogen and oxygen atoms in total. The van der Waals surface area contributed by atoms with Crippen molar-refractivity contribution >= 4 is 0 Å². The molecule has 0 aromatic rings. The largest absolute Gasteiger partial charge is 0.387 e. The average molecular weight is 147 g/mol. The summed E-state index contributed by atoms with van der Waals surface area (Å²) in [5, 5.41) is 3.54. The second-order valence-corrected chi connectivity index (χ2v) is 3.97. The molecule has 0 amide bonds. The second-order valence-electron chi connectivity index (χ2n) is 3.97. The Hall–Kier alpha value is -0.720. The summed E-state index contributed by atoms with van der Waals surface area (Å²) in [6.45, 7) is 1.22. The highest BCUT2D eigenvalue weighted by Crippen LogP contribution is 2.56. The van der Waals surface area contributed by atoms with Gasteiger partial charge in [-0.15, -0.1) is 0 Å². The smallest absolute Gasteiger partial charge is 0.0241 e. The van der Waals surface area contributed by atoms with Gasteiger partial charge in [-0.2, -0.15) is 0 Å². The van der Waals surface area contributed by atoms with E-state index in [9.17, 15) is 0 Å². The summed E-state index contributed by atoms with van der Waals surface area (Å²) in [4.78, 5) is 0. The third kappa shape index (κ3) is 0.661. The van der Waals surface area contributed by atoms with Gasteiger partial charge < -0.3 is 5.32 Å². The molecule has 1 aliphatic heterocycles. The Kier molecular flexibility index (Phi) is 0.913. The predicted molar refractivity (Wildman–Crippen MR) is 45.1 cm³/mol.